The Kier molecular flexibility index (Phi) is 6.23. The normalized spacial score (nSPS) is 15.9. The third kappa shape index (κ3) is 4.80. The summed E-state index contributed by atoms with van der Waals surface area (Å²) in [6, 6.07) is 12.2. The first-order chi connectivity index (χ1) is 17.4. The highest BCUT2D eigenvalue weighted by molar-refractivity contribution is 6.30. The molecule has 1 saturated heterocycles. The fourth-order valence-corrected chi connectivity index (χ4v) is 5.03. The molecule has 4 heterocycles. The largest absolute Gasteiger partial charge is 0.449 e. The first kappa shape index (κ1) is 25.2. The van der Waals surface area contributed by atoms with Crippen LogP contribution in [-0.4, -0.2) is 45.9 Å². The molecule has 0 bridgehead atoms. The summed E-state index contributed by atoms with van der Waals surface area (Å²) < 4.78 is 20.4. The lowest BCUT2D eigenvalue weighted by Gasteiger charge is -2.47. The highest BCUT2D eigenvalue weighted by atomic mass is 35.5. The quantitative estimate of drug-likeness (QED) is 0.300. The van der Waals surface area contributed by atoms with Crippen molar-refractivity contribution >= 4 is 34.3 Å². The summed E-state index contributed by atoms with van der Waals surface area (Å²) in [7, 11) is 0. The van der Waals surface area contributed by atoms with E-state index in [9.17, 15) is 9.18 Å². The van der Waals surface area contributed by atoms with Crippen LogP contribution in [0.4, 0.5) is 10.1 Å². The molecule has 1 aromatic carbocycles. The molecule has 0 saturated carbocycles. The number of furan rings is 1. The lowest BCUT2D eigenvalue weighted by Crippen LogP contribution is -2.61. The van der Waals surface area contributed by atoms with Gasteiger partial charge in [-0.2, -0.15) is 0 Å². The highest BCUT2D eigenvalue weighted by Crippen LogP contribution is 2.36. The van der Waals surface area contributed by atoms with Gasteiger partial charge in [-0.25, -0.2) is 9.37 Å². The third-order valence-electron chi connectivity index (χ3n) is 6.87. The molecule has 0 aliphatic carbocycles. The molecular formula is C29H30ClFN4O2. The van der Waals surface area contributed by atoms with Crippen LogP contribution in [0.25, 0.3) is 22.4 Å². The van der Waals surface area contributed by atoms with Gasteiger partial charge < -0.3 is 14.2 Å². The molecule has 6 nitrogen and oxygen atoms in total. The van der Waals surface area contributed by atoms with E-state index in [2.05, 4.69) is 44.5 Å². The Morgan fingerprint density at radius 2 is 1.92 bits per heavy atom. The average Bonchev–Trinajstić information content (AvgIpc) is 3.28. The van der Waals surface area contributed by atoms with Gasteiger partial charge in [0.1, 0.15) is 11.3 Å². The lowest BCUT2D eigenvalue weighted by molar-refractivity contribution is 0.0484. The Bertz CT molecular complexity index is 1480. The summed E-state index contributed by atoms with van der Waals surface area (Å²) in [6.07, 6.45) is 3.60. The maximum atomic E-state index is 14.2. The number of hydrogen-bond acceptors (Lipinski definition) is 5. The Labute approximate surface area is 221 Å². The van der Waals surface area contributed by atoms with E-state index >= 15 is 0 Å². The van der Waals surface area contributed by atoms with Crippen molar-refractivity contribution in [2.24, 2.45) is 0 Å². The molecule has 37 heavy (non-hydrogen) atoms. The minimum absolute atomic E-state index is 0.0586. The van der Waals surface area contributed by atoms with E-state index in [4.69, 9.17) is 21.0 Å². The zero-order chi connectivity index (χ0) is 26.5. The maximum absolute atomic E-state index is 14.2. The number of carbonyl (C=O) groups is 1. The number of fused-ring (bicyclic) bond motifs is 1. The molecule has 0 atom stereocenters. The molecular weight excluding hydrogens is 491 g/mol. The first-order valence-electron chi connectivity index (χ1n) is 12.3. The minimum atomic E-state index is -0.505. The van der Waals surface area contributed by atoms with Crippen molar-refractivity contribution in [2.45, 2.75) is 45.6 Å². The van der Waals surface area contributed by atoms with Crippen molar-refractivity contribution in [3.8, 4) is 11.3 Å². The van der Waals surface area contributed by atoms with Gasteiger partial charge in [-0.3, -0.25) is 9.78 Å². The van der Waals surface area contributed by atoms with Gasteiger partial charge in [0.15, 0.2) is 11.3 Å². The molecule has 1 amide bonds. The minimum Gasteiger partial charge on any atom is -0.449 e. The van der Waals surface area contributed by atoms with Gasteiger partial charge in [-0.05, 0) is 49.6 Å². The van der Waals surface area contributed by atoms with Crippen LogP contribution in [0.5, 0.6) is 0 Å². The van der Waals surface area contributed by atoms with Crippen LogP contribution in [0, 0.1) is 5.82 Å². The predicted molar refractivity (Wildman–Crippen MR) is 145 cm³/mol. The fraction of sp³-hybridized carbons (Fsp3) is 0.345. The number of rotatable bonds is 3. The van der Waals surface area contributed by atoms with Crippen LogP contribution in [0.15, 0.2) is 59.3 Å². The topological polar surface area (TPSA) is 62.5 Å². The second kappa shape index (κ2) is 9.14. The van der Waals surface area contributed by atoms with E-state index in [-0.39, 0.29) is 22.1 Å². The number of piperazine rings is 1. The van der Waals surface area contributed by atoms with E-state index in [0.717, 1.165) is 11.3 Å². The monoisotopic (exact) mass is 520 g/mol. The maximum Gasteiger partial charge on any atom is 0.290 e. The number of nitrogens with zero attached hydrogens (tertiary/aromatic N) is 4. The summed E-state index contributed by atoms with van der Waals surface area (Å²) in [5.41, 5.74) is 3.53. The van der Waals surface area contributed by atoms with Crippen molar-refractivity contribution in [1.82, 2.24) is 14.9 Å². The molecule has 192 valence electrons. The van der Waals surface area contributed by atoms with Gasteiger partial charge in [0, 0.05) is 43.0 Å². The fourth-order valence-electron chi connectivity index (χ4n) is 4.91. The number of amides is 1. The Balaban J connectivity index is 1.51. The molecule has 0 radical (unpaired) electrons. The van der Waals surface area contributed by atoms with E-state index in [1.807, 2.05) is 29.3 Å². The first-order valence-corrected chi connectivity index (χ1v) is 12.7. The van der Waals surface area contributed by atoms with E-state index in [1.54, 1.807) is 18.3 Å². The number of hydrogen-bond donors (Lipinski definition) is 0. The molecule has 1 aliphatic rings. The smallest absolute Gasteiger partial charge is 0.290 e. The second-order valence-electron chi connectivity index (χ2n) is 11.2. The van der Waals surface area contributed by atoms with E-state index in [1.165, 1.54) is 12.1 Å². The Morgan fingerprint density at radius 1 is 1.14 bits per heavy atom. The van der Waals surface area contributed by atoms with Crippen molar-refractivity contribution in [3.05, 3.63) is 77.0 Å². The molecule has 8 heteroatoms. The van der Waals surface area contributed by atoms with Crippen LogP contribution in [0.1, 0.15) is 50.7 Å². The Hall–Kier alpha value is -3.45. The zero-order valence-corrected chi connectivity index (χ0v) is 22.4. The van der Waals surface area contributed by atoms with Gasteiger partial charge in [0.25, 0.3) is 5.91 Å². The number of benzene rings is 1. The van der Waals surface area contributed by atoms with Crippen LogP contribution in [0.2, 0.25) is 5.02 Å². The van der Waals surface area contributed by atoms with Crippen molar-refractivity contribution in [3.63, 3.8) is 0 Å². The number of anilines is 1. The summed E-state index contributed by atoms with van der Waals surface area (Å²) >= 11 is 5.89. The van der Waals surface area contributed by atoms with Crippen LogP contribution < -0.4 is 4.90 Å². The lowest BCUT2D eigenvalue weighted by atomic mass is 9.86. The molecule has 0 N–H and O–H groups in total. The van der Waals surface area contributed by atoms with Crippen LogP contribution in [0.3, 0.4) is 0 Å². The second-order valence-corrected chi connectivity index (χ2v) is 11.6. The molecule has 3 aromatic heterocycles. The van der Waals surface area contributed by atoms with Gasteiger partial charge in [-0.1, -0.05) is 38.4 Å². The summed E-state index contributed by atoms with van der Waals surface area (Å²) in [5, 5.41) is 0.0586. The van der Waals surface area contributed by atoms with Gasteiger partial charge >= 0.3 is 0 Å². The molecule has 0 unspecified atom stereocenters. The molecule has 1 fully saturated rings. The highest BCUT2D eigenvalue weighted by Gasteiger charge is 2.39. The standard InChI is InChI=1S/C29H30ClFN4O2/c1-28(2,3)20-14-23(18-8-9-21(30)22(31)13-18)33-24-15-25(37-26(20)24)27(36)35-12-11-34(17-29(35,4)5)19-7-6-10-32-16-19/h6-10,13-16H,11-12,17H2,1-5H3. The van der Waals surface area contributed by atoms with Gasteiger partial charge in [-0.15, -0.1) is 0 Å². The van der Waals surface area contributed by atoms with E-state index < -0.39 is 11.4 Å². The molecule has 1 aliphatic heterocycles. The number of pyridine rings is 2. The summed E-state index contributed by atoms with van der Waals surface area (Å²) in [6.45, 7) is 12.2. The predicted octanol–water partition coefficient (Wildman–Crippen LogP) is 6.72. The van der Waals surface area contributed by atoms with Crippen molar-refractivity contribution in [2.75, 3.05) is 24.5 Å². The van der Waals surface area contributed by atoms with Gasteiger partial charge in [0.2, 0.25) is 0 Å². The van der Waals surface area contributed by atoms with Crippen molar-refractivity contribution < 1.29 is 13.6 Å². The van der Waals surface area contributed by atoms with Crippen LogP contribution >= 0.6 is 11.6 Å². The molecule has 0 spiro atoms. The average molecular weight is 521 g/mol. The van der Waals surface area contributed by atoms with Crippen LogP contribution in [-0.2, 0) is 5.41 Å². The number of carbonyl (C=O) groups excluding carboxylic acids is 1. The SMILES string of the molecule is CC(C)(C)c1cc(-c2ccc(Cl)c(F)c2)nc2cc(C(=O)N3CCN(c4cccnc4)CC3(C)C)oc12. The number of halogens is 2. The molecule has 4 aromatic rings. The zero-order valence-electron chi connectivity index (χ0n) is 21.7. The van der Waals surface area contributed by atoms with Gasteiger partial charge in [0.05, 0.1) is 28.1 Å². The van der Waals surface area contributed by atoms with Crippen molar-refractivity contribution in [1.29, 1.82) is 0 Å². The Morgan fingerprint density at radius 3 is 2.57 bits per heavy atom. The third-order valence-corrected chi connectivity index (χ3v) is 7.18. The number of aromatic nitrogens is 2. The summed E-state index contributed by atoms with van der Waals surface area (Å²) in [5.74, 6) is -0.433. The molecule has 5 rings (SSSR count). The van der Waals surface area contributed by atoms with E-state index in [0.29, 0.717) is 42.0 Å². The summed E-state index contributed by atoms with van der Waals surface area (Å²) in [4.78, 5) is 26.8.